The fourth-order valence-corrected chi connectivity index (χ4v) is 16.7. The normalized spacial score (nSPS) is 20.0. The highest BCUT2D eigenvalue weighted by Crippen LogP contribution is 2.40. The maximum Gasteiger partial charge on any atom is 0.364 e. The molecule has 33 heteroatoms. The molecule has 3 heterocycles. The van der Waals surface area contributed by atoms with Crippen LogP contribution in [0.1, 0.15) is 198 Å². The predicted molar refractivity (Wildman–Crippen MR) is 413 cm³/mol. The largest absolute Gasteiger partial charge is 0.497 e. The lowest BCUT2D eigenvalue weighted by atomic mass is 9.83. The summed E-state index contributed by atoms with van der Waals surface area (Å²) in [6.07, 6.45) is 17.8. The highest BCUT2D eigenvalue weighted by Gasteiger charge is 2.33. The molecule has 0 saturated heterocycles. The second-order valence-electron chi connectivity index (χ2n) is 28.5. The van der Waals surface area contributed by atoms with E-state index < -0.39 is 57.3 Å². The van der Waals surface area contributed by atoms with Crippen molar-refractivity contribution in [2.24, 2.45) is 0 Å². The van der Waals surface area contributed by atoms with E-state index in [-0.39, 0.29) is 59.9 Å². The molecule has 0 unspecified atom stereocenters. The van der Waals surface area contributed by atoms with Crippen LogP contribution in [0.4, 0.5) is 0 Å². The SMILES string of the molecule is CCOC(=O)c1nnn(Cc2ccc(OC)cc2)c1OC1CCC(c2ccc(S(C)(=O)=O)cc2)CC1.COc1ccc(Cn2nnc(C(=O)O)c2OC2CCC(c3ccc(S(C)(=O)=O)cc3)CC2)cc1.CS(=O)(=O)c1ccc(C2CCC(O)CC2)cc1.CS(=O)(=O)c1ccc(C2CCC(Oc3nn[nH]c3C(=O)O)CC2)cc1. The zero-order valence-electron chi connectivity index (χ0n) is 63.4. The third-order valence-corrected chi connectivity index (χ3v) is 25.0. The number of carboxylic acids is 2. The number of benzene rings is 6. The van der Waals surface area contributed by atoms with Crippen LogP contribution in [0.3, 0.4) is 0 Å². The Balaban J connectivity index is 0.000000164. The lowest BCUT2D eigenvalue weighted by Crippen LogP contribution is -2.25. The fourth-order valence-electron chi connectivity index (χ4n) is 14.1. The minimum Gasteiger partial charge on any atom is -0.497 e. The Labute approximate surface area is 652 Å². The van der Waals surface area contributed by atoms with E-state index in [1.54, 1.807) is 74.4 Å². The van der Waals surface area contributed by atoms with Crippen molar-refractivity contribution in [3.63, 3.8) is 0 Å². The van der Waals surface area contributed by atoms with Crippen LogP contribution in [0.5, 0.6) is 29.1 Å². The van der Waals surface area contributed by atoms with Gasteiger partial charge in [-0.2, -0.15) is 0 Å². The molecule has 112 heavy (non-hydrogen) atoms. The summed E-state index contributed by atoms with van der Waals surface area (Å²) >= 11 is 0. The first kappa shape index (κ1) is 84.4. The molecular weight excluding hydrogens is 1520 g/mol. The van der Waals surface area contributed by atoms with Crippen molar-refractivity contribution in [1.82, 2.24) is 45.4 Å². The van der Waals surface area contributed by atoms with E-state index in [9.17, 15) is 58.3 Å². The molecule has 3 aromatic heterocycles. The van der Waals surface area contributed by atoms with Gasteiger partial charge in [0.05, 0.1) is 59.6 Å². The zero-order valence-corrected chi connectivity index (χ0v) is 66.7. The first-order valence-corrected chi connectivity index (χ1v) is 44.5. The molecule has 4 aliphatic carbocycles. The summed E-state index contributed by atoms with van der Waals surface area (Å²) in [5, 5.41) is 53.5. The number of carbonyl (C=O) groups is 3. The number of ether oxygens (including phenoxy) is 6. The summed E-state index contributed by atoms with van der Waals surface area (Å²) in [5.41, 5.74) is 6.12. The van der Waals surface area contributed by atoms with Crippen molar-refractivity contribution >= 4 is 57.3 Å². The van der Waals surface area contributed by atoms with Crippen molar-refractivity contribution in [2.45, 2.75) is 190 Å². The molecule has 6 aromatic carbocycles. The number of carboxylic acid groups (broad SMARTS) is 2. The van der Waals surface area contributed by atoms with Gasteiger partial charge < -0.3 is 43.7 Å². The summed E-state index contributed by atoms with van der Waals surface area (Å²) in [5.74, 6) is 0.500. The number of sulfone groups is 4. The highest BCUT2D eigenvalue weighted by atomic mass is 32.2. The van der Waals surface area contributed by atoms with Gasteiger partial charge in [-0.3, -0.25) is 0 Å². The second kappa shape index (κ2) is 38.0. The van der Waals surface area contributed by atoms with Crippen molar-refractivity contribution in [3.05, 3.63) is 196 Å². The van der Waals surface area contributed by atoms with Crippen LogP contribution in [0.15, 0.2) is 165 Å². The second-order valence-corrected chi connectivity index (χ2v) is 36.5. The van der Waals surface area contributed by atoms with E-state index in [4.69, 9.17) is 33.5 Å². The molecule has 600 valence electrons. The van der Waals surface area contributed by atoms with Crippen LogP contribution in [0, 0.1) is 0 Å². The van der Waals surface area contributed by atoms with E-state index in [0.29, 0.717) is 62.2 Å². The Morgan fingerprint density at radius 2 is 0.732 bits per heavy atom. The number of esters is 1. The van der Waals surface area contributed by atoms with Gasteiger partial charge in [-0.15, -0.1) is 10.2 Å². The summed E-state index contributed by atoms with van der Waals surface area (Å²) in [7, 11) is -9.50. The number of nitrogens with one attached hydrogen (secondary N) is 1. The summed E-state index contributed by atoms with van der Waals surface area (Å²) < 4.78 is 129. The third-order valence-electron chi connectivity index (χ3n) is 20.4. The van der Waals surface area contributed by atoms with Crippen LogP contribution in [-0.4, -0.2) is 183 Å². The summed E-state index contributed by atoms with van der Waals surface area (Å²) in [6, 6.07) is 43.3. The van der Waals surface area contributed by atoms with E-state index >= 15 is 0 Å². The molecule has 4 fully saturated rings. The standard InChI is InChI=1S/C26H31N3O6S.C24H27N3O6S.C16H19N3O5S.C13H18O3S/c1-4-34-26(30)24-25(29(28-27-24)17-18-5-11-21(33-2)12-6-18)35-22-13-7-19(8-14-22)20-9-15-23(16-10-20)36(3,31)32;1-32-19-9-3-16(4-10-19)15-27-23(22(24(28)29)25-26-27)33-20-11-5-17(6-12-20)18-7-13-21(14-8-18)34(2,30)31;1-25(22,23)13-8-4-11(5-9-13)10-2-6-12(7-3-10)24-15-14(16(20)21)17-19-18-15;1-17(15,16)13-8-4-11(5-9-13)10-2-6-12(14)7-3-10/h5-6,9-12,15-16,19,22H,4,7-8,13-14,17H2,1-3H3;3-4,7-10,13-14,17,20H,5-6,11-12,15H2,1-2H3,(H,28,29);4-5,8-10,12H,2-3,6-7H2,1H3,(H,20,21)(H,17,18,19);4-5,8-10,12,14H,2-3,6-7H2,1H3. The molecule has 0 atom stereocenters. The topological polar surface area (TPSA) is 407 Å². The van der Waals surface area contributed by atoms with Gasteiger partial charge in [-0.05, 0) is 240 Å². The molecule has 0 aliphatic heterocycles. The summed E-state index contributed by atoms with van der Waals surface area (Å²) in [4.78, 5) is 36.6. The Bertz CT molecular complexity index is 5090. The minimum atomic E-state index is -3.22. The molecule has 29 nitrogen and oxygen atoms in total. The van der Waals surface area contributed by atoms with Gasteiger partial charge >= 0.3 is 17.9 Å². The Kier molecular flexibility index (Phi) is 28.6. The maximum absolute atomic E-state index is 12.5. The molecule has 9 aromatic rings. The number of methoxy groups -OCH3 is 2. The number of carbonyl (C=O) groups excluding carboxylic acids is 1. The van der Waals surface area contributed by atoms with Gasteiger partial charge in [-0.25, -0.2) is 62.5 Å². The van der Waals surface area contributed by atoms with Gasteiger partial charge in [0.2, 0.25) is 28.8 Å². The minimum absolute atomic E-state index is 0.0217. The van der Waals surface area contributed by atoms with E-state index in [1.165, 1.54) is 35.3 Å². The van der Waals surface area contributed by atoms with Crippen LogP contribution >= 0.6 is 0 Å². The number of nitrogens with zero attached hydrogens (tertiary/aromatic N) is 8. The van der Waals surface area contributed by atoms with E-state index in [2.05, 4.69) is 36.0 Å². The lowest BCUT2D eigenvalue weighted by Gasteiger charge is -2.29. The number of aromatic nitrogens is 9. The van der Waals surface area contributed by atoms with Crippen molar-refractivity contribution in [2.75, 3.05) is 45.8 Å². The van der Waals surface area contributed by atoms with E-state index in [0.717, 1.165) is 142 Å². The predicted octanol–water partition coefficient (Wildman–Crippen LogP) is 11.7. The maximum atomic E-state index is 12.5. The van der Waals surface area contributed by atoms with Gasteiger partial charge in [-0.1, -0.05) is 93.5 Å². The molecular formula is C79H95N9O20S4. The monoisotopic (exact) mass is 1620 g/mol. The number of aromatic carboxylic acids is 2. The van der Waals surface area contributed by atoms with Crippen LogP contribution in [0.25, 0.3) is 0 Å². The quantitative estimate of drug-likeness (QED) is 0.0408. The zero-order chi connectivity index (χ0) is 80.5. The molecule has 0 amide bonds. The average Bonchev–Trinajstić information content (AvgIpc) is 1.12. The number of rotatable bonds is 24. The van der Waals surface area contributed by atoms with Crippen molar-refractivity contribution in [1.29, 1.82) is 0 Å². The van der Waals surface area contributed by atoms with Crippen molar-refractivity contribution in [3.8, 4) is 29.1 Å². The molecule has 0 radical (unpaired) electrons. The number of aromatic amines is 1. The van der Waals surface area contributed by atoms with Crippen LogP contribution in [0.2, 0.25) is 0 Å². The Morgan fingerprint density at radius 1 is 0.420 bits per heavy atom. The number of H-pyrrole nitrogens is 1. The van der Waals surface area contributed by atoms with E-state index in [1.807, 2.05) is 97.1 Å². The highest BCUT2D eigenvalue weighted by molar-refractivity contribution is 7.91. The molecule has 4 N–H and O–H groups in total. The van der Waals surface area contributed by atoms with Gasteiger partial charge in [0.1, 0.15) is 29.8 Å². The number of hydrogen-bond acceptors (Lipinski definition) is 24. The Hall–Kier alpha value is -10.1. The van der Waals surface area contributed by atoms with Gasteiger partial charge in [0.15, 0.2) is 39.3 Å². The molecule has 0 spiro atoms. The van der Waals surface area contributed by atoms with Gasteiger partial charge in [0, 0.05) is 25.0 Å². The smallest absolute Gasteiger partial charge is 0.364 e. The first-order valence-electron chi connectivity index (χ1n) is 36.9. The van der Waals surface area contributed by atoms with Crippen LogP contribution < -0.4 is 23.7 Å². The lowest BCUT2D eigenvalue weighted by molar-refractivity contribution is 0.0505. The Morgan fingerprint density at radius 3 is 1.04 bits per heavy atom. The molecule has 4 aliphatic rings. The van der Waals surface area contributed by atoms with Gasteiger partial charge in [0.25, 0.3) is 5.88 Å². The van der Waals surface area contributed by atoms with Crippen LogP contribution in [-0.2, 0) is 57.2 Å². The molecule has 4 saturated carbocycles. The third kappa shape index (κ3) is 23.3. The first-order chi connectivity index (χ1) is 53.3. The number of aliphatic hydroxyl groups is 1. The fraction of sp³-hybridized carbons (Fsp3) is 0.430. The number of aliphatic hydroxyl groups excluding tert-OH is 1. The molecule has 0 bridgehead atoms. The summed E-state index contributed by atoms with van der Waals surface area (Å²) in [6.45, 7) is 2.67. The molecule has 13 rings (SSSR count). The average molecular weight is 1620 g/mol. The van der Waals surface area contributed by atoms with Crippen molar-refractivity contribution < 1.29 is 91.8 Å². The number of hydrogen-bond donors (Lipinski definition) is 4.